The van der Waals surface area contributed by atoms with Crippen molar-refractivity contribution >= 4 is 0 Å². The predicted molar refractivity (Wildman–Crippen MR) is 74.1 cm³/mol. The molecule has 2 aromatic carbocycles. The van der Waals surface area contributed by atoms with Gasteiger partial charge in [0.15, 0.2) is 0 Å². The van der Waals surface area contributed by atoms with Crippen LogP contribution < -0.4 is 0 Å². The third-order valence-corrected chi connectivity index (χ3v) is 2.44. The van der Waals surface area contributed by atoms with Crippen LogP contribution in [0.4, 0.5) is 0 Å². The Hall–Kier alpha value is -1.56. The molecule has 0 heteroatoms. The van der Waals surface area contributed by atoms with Crippen molar-refractivity contribution in [3.05, 3.63) is 70.8 Å². The lowest BCUT2D eigenvalue weighted by Crippen LogP contribution is -1.79. The predicted octanol–water partition coefficient (Wildman–Crippen LogP) is 4.46. The van der Waals surface area contributed by atoms with Crippen LogP contribution in [0.1, 0.15) is 29.2 Å². The molecule has 0 aliphatic heterocycles. The fraction of sp³-hybridized carbons (Fsp3) is 0.294. The fourth-order valence-electron chi connectivity index (χ4n) is 1.76. The average Bonchev–Trinajstić information content (AvgIpc) is 2.29. The highest BCUT2D eigenvalue weighted by Gasteiger charge is 1.88. The van der Waals surface area contributed by atoms with Crippen LogP contribution in [-0.2, 0) is 6.42 Å². The summed E-state index contributed by atoms with van der Waals surface area (Å²) in [6, 6.07) is 18.6. The molecule has 0 nitrogen and oxygen atoms in total. The van der Waals surface area contributed by atoms with Crippen LogP contribution in [0.5, 0.6) is 0 Å². The van der Waals surface area contributed by atoms with Gasteiger partial charge in [-0.15, -0.1) is 0 Å². The van der Waals surface area contributed by atoms with E-state index in [0.29, 0.717) is 0 Å². The molecule has 17 heavy (non-hydrogen) atoms. The summed E-state index contributed by atoms with van der Waals surface area (Å²) in [4.78, 5) is 0. The van der Waals surface area contributed by atoms with E-state index >= 15 is 0 Å². The van der Waals surface area contributed by atoms with Gasteiger partial charge in [-0.1, -0.05) is 48.9 Å². The highest BCUT2D eigenvalue weighted by molar-refractivity contribution is 5.25. The van der Waals surface area contributed by atoms with Crippen LogP contribution in [0, 0.1) is 32.9 Å². The van der Waals surface area contributed by atoms with Gasteiger partial charge in [0, 0.05) is 0 Å². The number of benzene rings is 2. The van der Waals surface area contributed by atoms with Gasteiger partial charge in [-0.05, 0) is 56.0 Å². The molecular formula is C17H20. The third kappa shape index (κ3) is 5.35. The molecule has 2 rings (SSSR count). The first-order valence-corrected chi connectivity index (χ1v) is 6.04. The zero-order chi connectivity index (χ0) is 12.7. The number of hydrogen-bond donors (Lipinski definition) is 0. The van der Waals surface area contributed by atoms with E-state index in [1.54, 1.807) is 0 Å². The number of hydrogen-bond acceptors (Lipinski definition) is 0. The quantitative estimate of drug-likeness (QED) is 0.671. The van der Waals surface area contributed by atoms with Crippen molar-refractivity contribution in [2.75, 3.05) is 0 Å². The summed E-state index contributed by atoms with van der Waals surface area (Å²) in [7, 11) is 0. The van der Waals surface area contributed by atoms with Gasteiger partial charge in [-0.25, -0.2) is 0 Å². The van der Waals surface area contributed by atoms with Crippen LogP contribution in [0.3, 0.4) is 0 Å². The third-order valence-electron chi connectivity index (χ3n) is 2.44. The monoisotopic (exact) mass is 224 g/mol. The molecule has 0 atom stereocenters. The van der Waals surface area contributed by atoms with E-state index in [0.717, 1.165) is 6.42 Å². The Bertz CT molecular complexity index is 390. The Morgan fingerprint density at radius 1 is 1.00 bits per heavy atom. The lowest BCUT2D eigenvalue weighted by molar-refractivity contribution is 1.14. The lowest BCUT2D eigenvalue weighted by Gasteiger charge is -1.96. The van der Waals surface area contributed by atoms with Gasteiger partial charge in [0.25, 0.3) is 0 Å². The Balaban J connectivity index is 0.000000171. The highest BCUT2D eigenvalue weighted by Crippen LogP contribution is 2.05. The largest absolute Gasteiger partial charge is 0.0620 e. The van der Waals surface area contributed by atoms with Crippen LogP contribution >= 0.6 is 0 Å². The van der Waals surface area contributed by atoms with Crippen molar-refractivity contribution in [1.82, 2.24) is 0 Å². The van der Waals surface area contributed by atoms with Gasteiger partial charge in [-0.2, -0.15) is 0 Å². The Morgan fingerprint density at radius 2 is 1.65 bits per heavy atom. The van der Waals surface area contributed by atoms with Crippen LogP contribution in [0.25, 0.3) is 0 Å². The summed E-state index contributed by atoms with van der Waals surface area (Å²) in [5.41, 5.74) is 5.07. The first-order valence-electron chi connectivity index (χ1n) is 6.04. The molecule has 0 heterocycles. The fourth-order valence-corrected chi connectivity index (χ4v) is 1.76. The molecule has 0 saturated heterocycles. The van der Waals surface area contributed by atoms with Gasteiger partial charge >= 0.3 is 0 Å². The molecule has 88 valence electrons. The second-order valence-corrected chi connectivity index (χ2v) is 4.27. The molecular weight excluding hydrogens is 204 g/mol. The normalized spacial score (nSPS) is 9.41. The van der Waals surface area contributed by atoms with Gasteiger partial charge < -0.3 is 0 Å². The molecule has 0 bridgehead atoms. The van der Waals surface area contributed by atoms with Crippen molar-refractivity contribution in [3.8, 4) is 0 Å². The van der Waals surface area contributed by atoms with Crippen molar-refractivity contribution in [2.45, 2.75) is 34.1 Å². The Morgan fingerprint density at radius 3 is 2.00 bits per heavy atom. The summed E-state index contributed by atoms with van der Waals surface area (Å²) in [5.74, 6) is 0. The molecule has 0 N–H and O–H groups in total. The summed E-state index contributed by atoms with van der Waals surface area (Å²) in [6.07, 6.45) is 1.08. The van der Waals surface area contributed by atoms with E-state index in [-0.39, 0.29) is 0 Å². The minimum absolute atomic E-state index is 1.08. The van der Waals surface area contributed by atoms with Gasteiger partial charge in [0.2, 0.25) is 0 Å². The number of rotatable bonds is 1. The number of aryl methyl sites for hydroxylation is 4. The van der Waals surface area contributed by atoms with E-state index in [4.69, 9.17) is 0 Å². The topological polar surface area (TPSA) is 0 Å². The summed E-state index contributed by atoms with van der Waals surface area (Å²) in [6.45, 7) is 8.37. The molecule has 0 aliphatic rings. The summed E-state index contributed by atoms with van der Waals surface area (Å²) < 4.78 is 0. The van der Waals surface area contributed by atoms with Crippen molar-refractivity contribution < 1.29 is 0 Å². The zero-order valence-electron chi connectivity index (χ0n) is 11.2. The molecule has 0 fully saturated rings. The molecule has 0 aromatic heterocycles. The Labute approximate surface area is 105 Å². The van der Waals surface area contributed by atoms with E-state index in [2.05, 4.69) is 58.0 Å². The maximum atomic E-state index is 3.21. The van der Waals surface area contributed by atoms with E-state index < -0.39 is 0 Å². The zero-order valence-corrected chi connectivity index (χ0v) is 11.2. The van der Waals surface area contributed by atoms with Gasteiger partial charge in [0.1, 0.15) is 0 Å². The second-order valence-electron chi connectivity index (χ2n) is 4.27. The Kier molecular flexibility index (Phi) is 5.48. The summed E-state index contributed by atoms with van der Waals surface area (Å²) in [5, 5.41) is 0. The lowest BCUT2D eigenvalue weighted by atomic mass is 10.1. The summed E-state index contributed by atoms with van der Waals surface area (Å²) >= 11 is 0. The maximum Gasteiger partial charge on any atom is -0.0120 e. The molecule has 0 amide bonds. The van der Waals surface area contributed by atoms with Crippen LogP contribution in [0.2, 0.25) is 0 Å². The second kappa shape index (κ2) is 6.90. The minimum atomic E-state index is 1.08. The molecule has 0 unspecified atom stereocenters. The van der Waals surface area contributed by atoms with Crippen LogP contribution in [-0.4, -0.2) is 0 Å². The molecule has 0 saturated carbocycles. The molecule has 2 radical (unpaired) electrons. The first-order chi connectivity index (χ1) is 8.11. The molecule has 0 aliphatic carbocycles. The maximum absolute atomic E-state index is 3.21. The van der Waals surface area contributed by atoms with Crippen molar-refractivity contribution in [1.29, 1.82) is 0 Å². The van der Waals surface area contributed by atoms with E-state index in [1.807, 2.05) is 18.2 Å². The van der Waals surface area contributed by atoms with Gasteiger partial charge in [0.05, 0.1) is 0 Å². The van der Waals surface area contributed by atoms with E-state index in [9.17, 15) is 0 Å². The van der Waals surface area contributed by atoms with Crippen molar-refractivity contribution in [3.63, 3.8) is 0 Å². The molecule has 0 spiro atoms. The standard InChI is InChI=1S/C9H11.C8H9/c1-7-4-8(2)6-9(3)5-7;1-2-8-6-4-3-5-7-8/h4-5H,1-3H3;3-6H,2H2,1H3. The van der Waals surface area contributed by atoms with Gasteiger partial charge in [-0.3, -0.25) is 0 Å². The average molecular weight is 224 g/mol. The molecule has 2 aromatic rings. The SMILES string of the molecule is CCc1[c]cccc1.Cc1[c]c(C)cc(C)c1. The minimum Gasteiger partial charge on any atom is -0.0620 e. The smallest absolute Gasteiger partial charge is 0.0120 e. The first kappa shape index (κ1) is 13.5. The van der Waals surface area contributed by atoms with Crippen molar-refractivity contribution in [2.24, 2.45) is 0 Å². The van der Waals surface area contributed by atoms with E-state index in [1.165, 1.54) is 22.3 Å². The van der Waals surface area contributed by atoms with Crippen LogP contribution in [0.15, 0.2) is 36.4 Å². The highest BCUT2D eigenvalue weighted by atomic mass is 13.9.